The van der Waals surface area contributed by atoms with E-state index in [2.05, 4.69) is 62.2 Å². The standard InChI is InChI=1S/C18H23N2Si/c1-13-8-9-15(19-3)11-16(13)17-10-14(2)18(12-20(17)4)21(5,6)7/h8-12H,1-2,4-7H3/q+1. The number of rotatable bonds is 2. The van der Waals surface area contributed by atoms with E-state index in [1.165, 1.54) is 22.0 Å². The molecule has 0 aliphatic rings. The Morgan fingerprint density at radius 2 is 1.71 bits per heavy atom. The highest BCUT2D eigenvalue weighted by Crippen LogP contribution is 2.26. The van der Waals surface area contributed by atoms with Gasteiger partial charge in [-0.15, -0.1) is 0 Å². The second-order valence-electron chi connectivity index (χ2n) is 6.73. The maximum absolute atomic E-state index is 7.21. The van der Waals surface area contributed by atoms with Crippen molar-refractivity contribution in [3.63, 3.8) is 0 Å². The van der Waals surface area contributed by atoms with Gasteiger partial charge in [0.05, 0.1) is 14.6 Å². The lowest BCUT2D eigenvalue weighted by Crippen LogP contribution is -2.46. The Morgan fingerprint density at radius 3 is 2.29 bits per heavy atom. The van der Waals surface area contributed by atoms with Crippen molar-refractivity contribution in [3.05, 3.63) is 53.0 Å². The summed E-state index contributed by atoms with van der Waals surface area (Å²) in [5, 5.41) is 1.49. The number of aromatic nitrogens is 1. The lowest BCUT2D eigenvalue weighted by molar-refractivity contribution is -0.659. The summed E-state index contributed by atoms with van der Waals surface area (Å²) in [6.07, 6.45) is 2.28. The van der Waals surface area contributed by atoms with Crippen molar-refractivity contribution in [1.82, 2.24) is 0 Å². The van der Waals surface area contributed by atoms with Crippen LogP contribution in [0.2, 0.25) is 19.6 Å². The predicted octanol–water partition coefficient (Wildman–Crippen LogP) is 3.89. The Morgan fingerprint density at radius 1 is 1.05 bits per heavy atom. The summed E-state index contributed by atoms with van der Waals surface area (Å²) >= 11 is 0. The van der Waals surface area contributed by atoms with Gasteiger partial charge in [0, 0.05) is 16.8 Å². The third-order valence-corrected chi connectivity index (χ3v) is 6.05. The van der Waals surface area contributed by atoms with Crippen LogP contribution >= 0.6 is 0 Å². The number of benzene rings is 1. The number of pyridine rings is 1. The first-order valence-electron chi connectivity index (χ1n) is 7.23. The molecule has 2 aromatic rings. The van der Waals surface area contributed by atoms with E-state index in [0.717, 1.165) is 5.56 Å². The van der Waals surface area contributed by atoms with Gasteiger partial charge in [0.15, 0.2) is 11.9 Å². The van der Waals surface area contributed by atoms with Crippen LogP contribution < -0.4 is 9.75 Å². The zero-order chi connectivity index (χ0) is 15.8. The largest absolute Gasteiger partial charge is 0.238 e. The van der Waals surface area contributed by atoms with Gasteiger partial charge in [-0.2, -0.15) is 0 Å². The number of hydrogen-bond donors (Lipinski definition) is 0. The smallest absolute Gasteiger partial charge is 0.211 e. The van der Waals surface area contributed by atoms with E-state index in [4.69, 9.17) is 6.57 Å². The minimum atomic E-state index is -1.33. The molecule has 2 rings (SSSR count). The van der Waals surface area contributed by atoms with Crippen LogP contribution in [0.15, 0.2) is 30.5 Å². The third kappa shape index (κ3) is 3.06. The molecule has 0 N–H and O–H groups in total. The fraction of sp³-hybridized carbons (Fsp3) is 0.333. The molecular weight excluding hydrogens is 272 g/mol. The highest BCUT2D eigenvalue weighted by molar-refractivity contribution is 6.88. The molecule has 0 aliphatic carbocycles. The van der Waals surface area contributed by atoms with Crippen LogP contribution in [-0.2, 0) is 7.05 Å². The Hall–Kier alpha value is -1.92. The number of aryl methyl sites for hydroxylation is 3. The fourth-order valence-electron chi connectivity index (χ4n) is 2.76. The van der Waals surface area contributed by atoms with E-state index in [1.807, 2.05) is 18.2 Å². The van der Waals surface area contributed by atoms with Crippen LogP contribution in [-0.4, -0.2) is 8.07 Å². The molecule has 0 saturated carbocycles. The minimum absolute atomic E-state index is 0.697. The first kappa shape index (κ1) is 15.5. The zero-order valence-corrected chi connectivity index (χ0v) is 14.8. The number of hydrogen-bond acceptors (Lipinski definition) is 0. The second-order valence-corrected chi connectivity index (χ2v) is 11.8. The van der Waals surface area contributed by atoms with Gasteiger partial charge in [0.1, 0.15) is 7.05 Å². The molecule has 0 saturated heterocycles. The van der Waals surface area contributed by atoms with E-state index in [-0.39, 0.29) is 0 Å². The molecule has 0 aliphatic heterocycles. The molecule has 1 heterocycles. The summed E-state index contributed by atoms with van der Waals surface area (Å²) in [6, 6.07) is 8.18. The molecule has 108 valence electrons. The third-order valence-electron chi connectivity index (χ3n) is 3.92. The van der Waals surface area contributed by atoms with Crippen LogP contribution in [0.5, 0.6) is 0 Å². The van der Waals surface area contributed by atoms with Crippen LogP contribution in [0.25, 0.3) is 16.1 Å². The van der Waals surface area contributed by atoms with Gasteiger partial charge >= 0.3 is 0 Å². The SMILES string of the molecule is [C-]#[N+]c1ccc(C)c(-c2cc(C)c([Si](C)(C)C)c[n+]2C)c1. The molecule has 0 fully saturated rings. The molecule has 1 aromatic carbocycles. The van der Waals surface area contributed by atoms with E-state index >= 15 is 0 Å². The maximum Gasteiger partial charge on any atom is 0.211 e. The van der Waals surface area contributed by atoms with Crippen molar-refractivity contribution in [3.8, 4) is 11.3 Å². The zero-order valence-electron chi connectivity index (χ0n) is 13.8. The van der Waals surface area contributed by atoms with E-state index in [9.17, 15) is 0 Å². The summed E-state index contributed by atoms with van der Waals surface area (Å²) in [6.45, 7) is 18.6. The molecule has 1 aromatic heterocycles. The average Bonchev–Trinajstić information content (AvgIpc) is 2.40. The minimum Gasteiger partial charge on any atom is -0.238 e. The van der Waals surface area contributed by atoms with Gasteiger partial charge in [0.2, 0.25) is 5.69 Å². The van der Waals surface area contributed by atoms with E-state index in [1.54, 1.807) is 0 Å². The molecule has 0 atom stereocenters. The molecule has 0 spiro atoms. The Bertz CT molecular complexity index is 734. The highest BCUT2D eigenvalue weighted by Gasteiger charge is 2.24. The van der Waals surface area contributed by atoms with Crippen molar-refractivity contribution < 1.29 is 4.57 Å². The van der Waals surface area contributed by atoms with Crippen molar-refractivity contribution >= 4 is 18.9 Å². The average molecular weight is 295 g/mol. The Kier molecular flexibility index (Phi) is 4.02. The lowest BCUT2D eigenvalue weighted by Gasteiger charge is -2.18. The monoisotopic (exact) mass is 295 g/mol. The van der Waals surface area contributed by atoms with Crippen molar-refractivity contribution in [2.45, 2.75) is 33.5 Å². The fourth-order valence-corrected chi connectivity index (χ4v) is 4.59. The molecule has 0 radical (unpaired) electrons. The molecule has 0 unspecified atom stereocenters. The predicted molar refractivity (Wildman–Crippen MR) is 91.8 cm³/mol. The van der Waals surface area contributed by atoms with Crippen molar-refractivity contribution in [2.24, 2.45) is 7.05 Å². The van der Waals surface area contributed by atoms with Gasteiger partial charge in [-0.25, -0.2) is 9.41 Å². The van der Waals surface area contributed by atoms with E-state index < -0.39 is 8.07 Å². The topological polar surface area (TPSA) is 8.24 Å². The van der Waals surface area contributed by atoms with Gasteiger partial charge < -0.3 is 0 Å². The van der Waals surface area contributed by atoms with Gasteiger partial charge in [-0.3, -0.25) is 0 Å². The van der Waals surface area contributed by atoms with Gasteiger partial charge in [0.25, 0.3) is 0 Å². The quantitative estimate of drug-likeness (QED) is 0.451. The summed E-state index contributed by atoms with van der Waals surface area (Å²) < 4.78 is 2.21. The second kappa shape index (κ2) is 5.46. The molecule has 0 bridgehead atoms. The normalized spacial score (nSPS) is 11.3. The van der Waals surface area contributed by atoms with Gasteiger partial charge in [-0.05, 0) is 31.0 Å². The van der Waals surface area contributed by atoms with Gasteiger partial charge in [-0.1, -0.05) is 31.8 Å². The van der Waals surface area contributed by atoms with Crippen LogP contribution in [0.3, 0.4) is 0 Å². The van der Waals surface area contributed by atoms with Crippen LogP contribution in [0, 0.1) is 20.4 Å². The molecule has 3 heteroatoms. The Balaban J connectivity index is 2.67. The van der Waals surface area contributed by atoms with Crippen molar-refractivity contribution in [1.29, 1.82) is 0 Å². The molecule has 21 heavy (non-hydrogen) atoms. The first-order chi connectivity index (χ1) is 9.74. The molecule has 0 amide bonds. The summed E-state index contributed by atoms with van der Waals surface area (Å²) in [4.78, 5) is 3.55. The first-order valence-corrected chi connectivity index (χ1v) is 10.7. The molecular formula is C18H23N2Si+. The maximum atomic E-state index is 7.21. The Labute approximate surface area is 128 Å². The van der Waals surface area contributed by atoms with Crippen molar-refractivity contribution in [2.75, 3.05) is 0 Å². The summed E-state index contributed by atoms with van der Waals surface area (Å²) in [5.41, 5.74) is 5.59. The van der Waals surface area contributed by atoms with Crippen LogP contribution in [0.1, 0.15) is 11.1 Å². The summed E-state index contributed by atoms with van der Waals surface area (Å²) in [7, 11) is 0.766. The van der Waals surface area contributed by atoms with E-state index in [0.29, 0.717) is 5.69 Å². The highest BCUT2D eigenvalue weighted by atomic mass is 28.3. The van der Waals surface area contributed by atoms with Crippen LogP contribution in [0.4, 0.5) is 5.69 Å². The summed E-state index contributed by atoms with van der Waals surface area (Å²) in [5.74, 6) is 0. The molecule has 2 nitrogen and oxygen atoms in total. The lowest BCUT2D eigenvalue weighted by atomic mass is 10.0. The number of nitrogens with zero attached hydrogens (tertiary/aromatic N) is 2.